The maximum atomic E-state index is 2.23. The van der Waals surface area contributed by atoms with E-state index in [-0.39, 0.29) is 0 Å². The summed E-state index contributed by atoms with van der Waals surface area (Å²) >= 11 is 0. The van der Waals surface area contributed by atoms with Crippen molar-refractivity contribution in [2.75, 3.05) is 0 Å². The summed E-state index contributed by atoms with van der Waals surface area (Å²) in [6.45, 7) is 0. The molecule has 1 heteroatoms. The smallest absolute Gasteiger partial charge is 0.0134 e. The molecule has 0 unspecified atom stereocenters. The van der Waals surface area contributed by atoms with Crippen molar-refractivity contribution in [3.8, 4) is 0 Å². The Bertz CT molecular complexity index is 652. The highest BCUT2D eigenvalue weighted by atomic mass is 31.1. The molecule has 0 nitrogen and oxygen atoms in total. The van der Waals surface area contributed by atoms with Crippen LogP contribution in [-0.2, 0) is 0 Å². The molecule has 1 aliphatic rings. The first-order valence-corrected chi connectivity index (χ1v) is 8.41. The molecule has 0 aliphatic heterocycles. The topological polar surface area (TPSA) is 0 Å². The average molecular weight is 288 g/mol. The molecule has 0 spiro atoms. The molecule has 21 heavy (non-hydrogen) atoms. The summed E-state index contributed by atoms with van der Waals surface area (Å²) in [7, 11) is -0.509. The van der Waals surface area contributed by atoms with Gasteiger partial charge in [-0.25, -0.2) is 0 Å². The highest BCUT2D eigenvalue weighted by molar-refractivity contribution is 7.77. The SMILES string of the molecule is C1=C\C=C/C(P(c2ccccc2)c2ccccc2)=C\C=C/1. The van der Waals surface area contributed by atoms with E-state index >= 15 is 0 Å². The van der Waals surface area contributed by atoms with Crippen molar-refractivity contribution in [3.05, 3.63) is 109 Å². The van der Waals surface area contributed by atoms with Crippen LogP contribution in [0, 0.1) is 0 Å². The zero-order valence-corrected chi connectivity index (χ0v) is 12.7. The molecule has 0 aromatic heterocycles. The van der Waals surface area contributed by atoms with E-state index < -0.39 is 7.92 Å². The van der Waals surface area contributed by atoms with E-state index in [0.29, 0.717) is 0 Å². The zero-order chi connectivity index (χ0) is 14.3. The van der Waals surface area contributed by atoms with E-state index in [1.165, 1.54) is 15.9 Å². The molecule has 2 aromatic carbocycles. The molecule has 1 aliphatic carbocycles. The predicted molar refractivity (Wildman–Crippen MR) is 94.6 cm³/mol. The van der Waals surface area contributed by atoms with Gasteiger partial charge in [0.2, 0.25) is 0 Å². The van der Waals surface area contributed by atoms with Gasteiger partial charge in [0.1, 0.15) is 0 Å². The van der Waals surface area contributed by atoms with E-state index in [1.807, 2.05) is 0 Å². The van der Waals surface area contributed by atoms with Crippen molar-refractivity contribution in [1.29, 1.82) is 0 Å². The van der Waals surface area contributed by atoms with Crippen molar-refractivity contribution in [2.24, 2.45) is 0 Å². The van der Waals surface area contributed by atoms with E-state index in [9.17, 15) is 0 Å². The lowest BCUT2D eigenvalue weighted by Gasteiger charge is -2.20. The Labute approximate surface area is 127 Å². The monoisotopic (exact) mass is 288 g/mol. The minimum atomic E-state index is -0.509. The van der Waals surface area contributed by atoms with Gasteiger partial charge in [-0.05, 0) is 23.8 Å². The molecule has 0 bridgehead atoms. The van der Waals surface area contributed by atoms with E-state index in [2.05, 4.69) is 103 Å². The number of allylic oxidation sites excluding steroid dienone is 8. The number of hydrogen-bond donors (Lipinski definition) is 0. The fourth-order valence-corrected chi connectivity index (χ4v) is 4.61. The fourth-order valence-electron chi connectivity index (χ4n) is 2.31. The minimum Gasteiger partial charge on any atom is -0.0623 e. The van der Waals surface area contributed by atoms with E-state index in [4.69, 9.17) is 0 Å². The minimum absolute atomic E-state index is 0.509. The third-order valence-electron chi connectivity index (χ3n) is 3.27. The quantitative estimate of drug-likeness (QED) is 0.719. The Morgan fingerprint density at radius 3 is 1.67 bits per heavy atom. The first-order chi connectivity index (χ1) is 10.4. The summed E-state index contributed by atoms with van der Waals surface area (Å²) in [5.74, 6) is 0. The van der Waals surface area contributed by atoms with Gasteiger partial charge < -0.3 is 0 Å². The Kier molecular flexibility index (Phi) is 4.61. The Morgan fingerprint density at radius 1 is 0.524 bits per heavy atom. The van der Waals surface area contributed by atoms with Crippen LogP contribution in [0.25, 0.3) is 0 Å². The Balaban J connectivity index is 2.09. The van der Waals surface area contributed by atoms with Gasteiger partial charge in [0.15, 0.2) is 0 Å². The number of benzene rings is 2. The molecule has 3 rings (SSSR count). The highest BCUT2D eigenvalue weighted by Gasteiger charge is 2.16. The molecule has 2 aromatic rings. The third-order valence-corrected chi connectivity index (χ3v) is 5.71. The van der Waals surface area contributed by atoms with Crippen LogP contribution in [0.5, 0.6) is 0 Å². The molecule has 0 fully saturated rings. The maximum Gasteiger partial charge on any atom is -0.0134 e. The third kappa shape index (κ3) is 3.48. The summed E-state index contributed by atoms with van der Waals surface area (Å²) in [4.78, 5) is 0. The molecular formula is C20H17P. The predicted octanol–water partition coefficient (Wildman–Crippen LogP) is 4.69. The average Bonchev–Trinajstić information content (AvgIpc) is 2.52. The second-order valence-electron chi connectivity index (χ2n) is 4.73. The van der Waals surface area contributed by atoms with Gasteiger partial charge in [0.05, 0.1) is 0 Å². The summed E-state index contributed by atoms with van der Waals surface area (Å²) in [5, 5.41) is 4.13. The van der Waals surface area contributed by atoms with Crippen molar-refractivity contribution in [2.45, 2.75) is 0 Å². The molecule has 0 radical (unpaired) electrons. The van der Waals surface area contributed by atoms with Crippen LogP contribution < -0.4 is 10.6 Å². The van der Waals surface area contributed by atoms with Crippen LogP contribution >= 0.6 is 7.92 Å². The van der Waals surface area contributed by atoms with Crippen molar-refractivity contribution in [1.82, 2.24) is 0 Å². The summed E-state index contributed by atoms with van der Waals surface area (Å²) in [6.07, 6.45) is 14.9. The molecular weight excluding hydrogens is 271 g/mol. The summed E-state index contributed by atoms with van der Waals surface area (Å²) in [5.41, 5.74) is 0. The molecule has 0 amide bonds. The zero-order valence-electron chi connectivity index (χ0n) is 11.8. The Morgan fingerprint density at radius 2 is 1.05 bits per heavy atom. The van der Waals surface area contributed by atoms with Crippen LogP contribution in [0.2, 0.25) is 0 Å². The molecule has 102 valence electrons. The van der Waals surface area contributed by atoms with Crippen molar-refractivity contribution in [3.63, 3.8) is 0 Å². The van der Waals surface area contributed by atoms with Gasteiger partial charge in [0.25, 0.3) is 0 Å². The second-order valence-corrected chi connectivity index (χ2v) is 6.95. The molecule has 0 heterocycles. The van der Waals surface area contributed by atoms with Gasteiger partial charge in [-0.1, -0.05) is 103 Å². The molecule has 0 atom stereocenters. The van der Waals surface area contributed by atoms with E-state index in [1.54, 1.807) is 0 Å². The van der Waals surface area contributed by atoms with Crippen molar-refractivity contribution >= 4 is 18.5 Å². The van der Waals surface area contributed by atoms with Crippen LogP contribution in [0.3, 0.4) is 0 Å². The van der Waals surface area contributed by atoms with Gasteiger partial charge in [-0.2, -0.15) is 0 Å². The molecule has 0 N–H and O–H groups in total. The second kappa shape index (κ2) is 7.02. The number of hydrogen-bond acceptors (Lipinski definition) is 0. The van der Waals surface area contributed by atoms with Crippen LogP contribution in [0.15, 0.2) is 109 Å². The molecule has 0 saturated heterocycles. The van der Waals surface area contributed by atoms with Crippen molar-refractivity contribution < 1.29 is 0 Å². The normalized spacial score (nSPS) is 20.9. The largest absolute Gasteiger partial charge is 0.0623 e. The highest BCUT2D eigenvalue weighted by Crippen LogP contribution is 2.43. The van der Waals surface area contributed by atoms with Gasteiger partial charge in [-0.15, -0.1) is 0 Å². The molecule has 0 saturated carbocycles. The van der Waals surface area contributed by atoms with Crippen LogP contribution in [0.1, 0.15) is 0 Å². The van der Waals surface area contributed by atoms with Crippen LogP contribution in [-0.4, -0.2) is 0 Å². The van der Waals surface area contributed by atoms with Crippen LogP contribution in [0.4, 0.5) is 0 Å². The fraction of sp³-hybridized carbons (Fsp3) is 0. The first-order valence-electron chi connectivity index (χ1n) is 7.07. The standard InChI is InChI=1S/C20H17P/c1-2-6-12-18(13-7-3-1)21(19-14-8-4-9-15-19)20-16-10-5-11-17-20/h1-17H/b2-1-,3-1?,6-2?,7-3-,12-6-,13-7?,18-12?,18-13+. The lowest BCUT2D eigenvalue weighted by molar-refractivity contribution is 1.72. The lowest BCUT2D eigenvalue weighted by Crippen LogP contribution is -2.12. The first kappa shape index (κ1) is 13.8. The number of rotatable bonds is 3. The summed E-state index contributed by atoms with van der Waals surface area (Å²) < 4.78 is 0. The van der Waals surface area contributed by atoms with Gasteiger partial charge in [-0.3, -0.25) is 0 Å². The Hall–Kier alpha value is -2.17. The van der Waals surface area contributed by atoms with Gasteiger partial charge >= 0.3 is 0 Å². The maximum absolute atomic E-state index is 2.23. The van der Waals surface area contributed by atoms with E-state index in [0.717, 1.165) is 0 Å². The summed E-state index contributed by atoms with van der Waals surface area (Å²) in [6, 6.07) is 21.6. The lowest BCUT2D eigenvalue weighted by atomic mass is 10.3. The van der Waals surface area contributed by atoms with Gasteiger partial charge in [0, 0.05) is 0 Å².